The van der Waals surface area contributed by atoms with Gasteiger partial charge in [0, 0.05) is 25.2 Å². The first kappa shape index (κ1) is 59.5. The lowest BCUT2D eigenvalue weighted by molar-refractivity contribution is -0.166. The van der Waals surface area contributed by atoms with Crippen molar-refractivity contribution in [3.63, 3.8) is 0 Å². The van der Waals surface area contributed by atoms with Gasteiger partial charge in [-0.25, -0.2) is 4.57 Å². The summed E-state index contributed by atoms with van der Waals surface area (Å²) in [6.45, 7) is 2.77. The van der Waals surface area contributed by atoms with Gasteiger partial charge in [0.2, 0.25) is 0 Å². The summed E-state index contributed by atoms with van der Waals surface area (Å²) in [6.07, 6.45) is 12.8. The summed E-state index contributed by atoms with van der Waals surface area (Å²) in [5, 5.41) is 78.3. The zero-order chi connectivity index (χ0) is 48.7. The fourth-order valence-corrected chi connectivity index (χ4v) is 8.88. The molecule has 17 heteroatoms. The van der Waals surface area contributed by atoms with Crippen molar-refractivity contribution in [2.75, 3.05) is 13.2 Å². The molecule has 2 rings (SSSR count). The van der Waals surface area contributed by atoms with E-state index in [4.69, 9.17) is 18.5 Å². The number of hydrogen-bond donors (Lipinski definition) is 8. The van der Waals surface area contributed by atoms with E-state index in [-0.39, 0.29) is 25.7 Å². The van der Waals surface area contributed by atoms with Gasteiger partial charge in [0.05, 0.1) is 36.9 Å². The molecule has 0 aromatic rings. The van der Waals surface area contributed by atoms with Gasteiger partial charge >= 0.3 is 19.8 Å². The average molecular weight is 959 g/mol. The Bertz CT molecular complexity index is 1520. The molecule has 0 spiro atoms. The first-order valence-electron chi connectivity index (χ1n) is 24.5. The van der Waals surface area contributed by atoms with E-state index in [0.717, 1.165) is 76.7 Å². The van der Waals surface area contributed by atoms with Crippen molar-refractivity contribution in [1.82, 2.24) is 0 Å². The number of cyclic esters (lactones) is 1. The number of unbranched alkanes of at least 4 members (excludes halogenated alkanes) is 12. The van der Waals surface area contributed by atoms with E-state index in [0.29, 0.717) is 25.7 Å². The number of allylic oxidation sites excluding steroid dienone is 6. The molecular weight excluding hydrogens is 875 g/mol. The Labute approximate surface area is 392 Å². The summed E-state index contributed by atoms with van der Waals surface area (Å²) >= 11 is 0. The molecule has 1 fully saturated rings. The summed E-state index contributed by atoms with van der Waals surface area (Å²) in [5.41, 5.74) is 0. The van der Waals surface area contributed by atoms with Gasteiger partial charge in [0.1, 0.15) is 36.8 Å². The summed E-state index contributed by atoms with van der Waals surface area (Å²) in [6, 6.07) is 0. The van der Waals surface area contributed by atoms with Crippen LogP contribution in [-0.2, 0) is 37.5 Å². The summed E-state index contributed by atoms with van der Waals surface area (Å²) in [7, 11) is -5.46. The molecule has 0 amide bonds. The minimum absolute atomic E-state index is 0.0929. The number of phosphoric acid groups is 1. The molecule has 12 atom stereocenters. The number of ether oxygens (including phenoxy) is 2. The van der Waals surface area contributed by atoms with Crippen molar-refractivity contribution in [3.05, 3.63) is 48.6 Å². The van der Waals surface area contributed by atoms with Crippen LogP contribution in [0.3, 0.4) is 0 Å². The third-order valence-corrected chi connectivity index (χ3v) is 13.0. The zero-order valence-electron chi connectivity index (χ0n) is 39.4. The Morgan fingerprint density at radius 2 is 1.42 bits per heavy atom. The molecule has 1 aliphatic carbocycles. The number of ketones is 1. The molecule has 16 nitrogen and oxygen atoms in total. The Kier molecular flexibility index (Phi) is 31.2. The fourth-order valence-electron chi connectivity index (χ4n) is 7.91. The van der Waals surface area contributed by atoms with Gasteiger partial charge in [0.15, 0.2) is 6.10 Å². The number of esters is 2. The van der Waals surface area contributed by atoms with E-state index >= 15 is 0 Å². The van der Waals surface area contributed by atoms with Gasteiger partial charge in [0.25, 0.3) is 0 Å². The Balaban J connectivity index is 2.10. The highest BCUT2D eigenvalue weighted by Gasteiger charge is 2.49. The molecular formula is C49H83O16P. The first-order valence-corrected chi connectivity index (χ1v) is 26.0. The monoisotopic (exact) mass is 959 g/mol. The second-order valence-electron chi connectivity index (χ2n) is 17.7. The number of rotatable bonds is 24. The van der Waals surface area contributed by atoms with Crippen LogP contribution < -0.4 is 0 Å². The molecule has 1 saturated carbocycles. The van der Waals surface area contributed by atoms with Crippen LogP contribution in [0.1, 0.15) is 162 Å². The Morgan fingerprint density at radius 3 is 2.11 bits per heavy atom. The lowest BCUT2D eigenvalue weighted by atomic mass is 9.83. The minimum Gasteiger partial charge on any atom is -0.462 e. The number of carbonyl (C=O) groups excluding carboxylic acids is 3. The van der Waals surface area contributed by atoms with Crippen LogP contribution in [-0.4, -0.2) is 127 Å². The van der Waals surface area contributed by atoms with Crippen molar-refractivity contribution in [3.8, 4) is 0 Å². The predicted molar refractivity (Wildman–Crippen MR) is 250 cm³/mol. The standard InChI is InChI=1S/C49H83O16P/c1-3-5-7-8-9-10-11-12-13-14-15-16-17-18-19-20-25-29-42(53)62-34-37-35-63-66(60,61)65-49-47(58)45(56)39(32-31-36(50)27-23-6-4-2)41(52)33-40(51)38(44(55)46(57)48(49)59)28-24-21-22-26-30-43(54)64-37/h9-10,12-13,21,24,31-32,36-40,44-51,55-59H,3-8,11,14-20,22-23,25-30,33-35H2,1-2H3,(H,60,61)/b10-9-,13-12-,24-21-,32-31+/t36-,37+,38-,39-,40-,44+,45+,46-,47+,48+,49+/m0/s1. The molecule has 2 aliphatic rings. The van der Waals surface area contributed by atoms with Crippen molar-refractivity contribution >= 4 is 25.5 Å². The number of phosphoric ester groups is 1. The van der Waals surface area contributed by atoms with E-state index in [1.807, 2.05) is 6.92 Å². The van der Waals surface area contributed by atoms with Gasteiger partial charge in [-0.15, -0.1) is 0 Å². The molecule has 8 N–H and O–H groups in total. The van der Waals surface area contributed by atoms with Crippen LogP contribution in [0.2, 0.25) is 0 Å². The van der Waals surface area contributed by atoms with Crippen LogP contribution in [0.25, 0.3) is 0 Å². The molecule has 1 aliphatic heterocycles. The maximum absolute atomic E-state index is 13.7. The first-order chi connectivity index (χ1) is 31.6. The highest BCUT2D eigenvalue weighted by Crippen LogP contribution is 2.47. The molecule has 380 valence electrons. The van der Waals surface area contributed by atoms with Crippen LogP contribution >= 0.6 is 7.82 Å². The van der Waals surface area contributed by atoms with Crippen LogP contribution in [0.5, 0.6) is 0 Å². The molecule has 0 radical (unpaired) electrons. The number of Topliss-reactive ketones (excluding diaryl/α,β-unsaturated/α-hetero) is 1. The molecule has 0 aromatic carbocycles. The molecule has 1 heterocycles. The van der Waals surface area contributed by atoms with E-state index < -0.39 is 112 Å². The Morgan fingerprint density at radius 1 is 0.803 bits per heavy atom. The molecule has 1 unspecified atom stereocenters. The third kappa shape index (κ3) is 24.6. The summed E-state index contributed by atoms with van der Waals surface area (Å²) in [5.74, 6) is -5.14. The molecule has 0 saturated heterocycles. The normalized spacial score (nSPS) is 31.2. The van der Waals surface area contributed by atoms with Crippen molar-refractivity contribution in [1.29, 1.82) is 0 Å². The number of fused-ring (bicyclic) bond motifs is 4. The van der Waals surface area contributed by atoms with E-state index in [1.165, 1.54) is 25.3 Å². The molecule has 66 heavy (non-hydrogen) atoms. The van der Waals surface area contributed by atoms with Gasteiger partial charge in [-0.3, -0.25) is 23.4 Å². The van der Waals surface area contributed by atoms with Crippen molar-refractivity contribution < 1.29 is 78.1 Å². The van der Waals surface area contributed by atoms with Gasteiger partial charge in [-0.05, 0) is 64.2 Å². The van der Waals surface area contributed by atoms with E-state index in [1.54, 1.807) is 12.2 Å². The molecule has 0 aromatic heterocycles. The van der Waals surface area contributed by atoms with Crippen molar-refractivity contribution in [2.45, 2.75) is 216 Å². The number of hydrogen-bond acceptors (Lipinski definition) is 15. The summed E-state index contributed by atoms with van der Waals surface area (Å²) in [4.78, 5) is 50.1. The minimum atomic E-state index is -5.46. The number of aliphatic hydroxyl groups is 7. The number of aliphatic hydroxyl groups excluding tert-OH is 7. The van der Waals surface area contributed by atoms with Crippen LogP contribution in [0, 0.1) is 11.8 Å². The maximum Gasteiger partial charge on any atom is 0.472 e. The highest BCUT2D eigenvalue weighted by atomic mass is 31.2. The zero-order valence-corrected chi connectivity index (χ0v) is 40.3. The third-order valence-electron chi connectivity index (χ3n) is 12.0. The molecule has 2 bridgehead atoms. The predicted octanol–water partition coefficient (Wildman–Crippen LogP) is 6.54. The van der Waals surface area contributed by atoms with E-state index in [2.05, 4.69) is 31.2 Å². The van der Waals surface area contributed by atoms with Crippen molar-refractivity contribution in [2.24, 2.45) is 11.8 Å². The van der Waals surface area contributed by atoms with Gasteiger partial charge < -0.3 is 50.1 Å². The van der Waals surface area contributed by atoms with Gasteiger partial charge in [-0.2, -0.15) is 0 Å². The van der Waals surface area contributed by atoms with E-state index in [9.17, 15) is 59.6 Å². The lowest BCUT2D eigenvalue weighted by Gasteiger charge is -2.36. The topological polar surface area (TPSA) is 267 Å². The lowest BCUT2D eigenvalue weighted by Crippen LogP contribution is -2.55. The maximum atomic E-state index is 13.7. The van der Waals surface area contributed by atoms with Crippen LogP contribution in [0.4, 0.5) is 0 Å². The smallest absolute Gasteiger partial charge is 0.462 e. The quantitative estimate of drug-likeness (QED) is 0.0221. The average Bonchev–Trinajstić information content (AvgIpc) is 3.28. The Hall–Kier alpha value is -2.60. The largest absolute Gasteiger partial charge is 0.472 e. The second-order valence-corrected chi connectivity index (χ2v) is 19.2. The SMILES string of the molecule is CCCCC/C=C\C/C=C\CCCCCCCCCC(=O)OC[C@@H]1COP(=O)(O)O[C@H]2[C@H](O)[C@@H](O)[C@H](O)[C@@H](C/C=C\CCCC(=O)O1)[C@@H](O)CC(=O)[C@H](/C=C/[C@@H](O)CCCCC)[C@@H](O)[C@H]2O. The number of carbonyl (C=O) groups is 3. The second kappa shape index (κ2) is 34.6. The highest BCUT2D eigenvalue weighted by molar-refractivity contribution is 7.47. The fraction of sp³-hybridized carbons (Fsp3) is 0.776. The van der Waals surface area contributed by atoms with Gasteiger partial charge in [-0.1, -0.05) is 127 Å². The van der Waals surface area contributed by atoms with Crippen LogP contribution in [0.15, 0.2) is 48.6 Å². The summed E-state index contributed by atoms with van der Waals surface area (Å²) < 4.78 is 34.6.